The van der Waals surface area contributed by atoms with Gasteiger partial charge in [-0.2, -0.15) is 5.26 Å². The van der Waals surface area contributed by atoms with Crippen LogP contribution in [0.1, 0.15) is 25.3 Å². The van der Waals surface area contributed by atoms with Gasteiger partial charge in [0.25, 0.3) is 5.91 Å². The molecule has 0 unspecified atom stereocenters. The maximum absolute atomic E-state index is 12.3. The molecule has 0 spiro atoms. The fraction of sp³-hybridized carbons (Fsp3) is 0.400. The number of hydrogen-bond donors (Lipinski definition) is 1. The molecular weight excluding hydrogens is 368 g/mol. The Kier molecular flexibility index (Phi) is 8.00. The lowest BCUT2D eigenvalue weighted by Crippen LogP contribution is -2.32. The first-order chi connectivity index (χ1) is 13.1. The number of nitrogens with zero attached hydrogens (tertiary/aromatic N) is 1. The zero-order valence-corrected chi connectivity index (χ0v) is 15.8. The van der Waals surface area contributed by atoms with Gasteiger partial charge in [0.1, 0.15) is 18.2 Å². The van der Waals surface area contributed by atoms with E-state index in [4.69, 9.17) is 32.2 Å². The molecule has 0 aromatic heterocycles. The van der Waals surface area contributed by atoms with Crippen molar-refractivity contribution in [3.05, 3.63) is 28.3 Å². The molecule has 1 aromatic rings. The van der Waals surface area contributed by atoms with Crippen molar-refractivity contribution in [2.45, 2.75) is 25.9 Å². The van der Waals surface area contributed by atoms with Crippen molar-refractivity contribution in [2.24, 2.45) is 0 Å². The van der Waals surface area contributed by atoms with Gasteiger partial charge < -0.3 is 19.5 Å². The molecule has 1 atom stereocenters. The smallest absolute Gasteiger partial charge is 0.262 e. The summed E-state index contributed by atoms with van der Waals surface area (Å²) >= 11 is 6.26. The van der Waals surface area contributed by atoms with E-state index in [2.05, 4.69) is 11.2 Å². The molecule has 1 heterocycles. The number of carbonyl (C=O) groups excluding carboxylic acids is 1. The Morgan fingerprint density at radius 3 is 2.96 bits per heavy atom. The van der Waals surface area contributed by atoms with Crippen molar-refractivity contribution >= 4 is 23.6 Å². The summed E-state index contributed by atoms with van der Waals surface area (Å²) in [6.45, 7) is 3.34. The van der Waals surface area contributed by atoms with Crippen LogP contribution in [0.3, 0.4) is 0 Å². The summed E-state index contributed by atoms with van der Waals surface area (Å²) in [5.74, 6) is 2.62. The van der Waals surface area contributed by atoms with Crippen LogP contribution in [-0.2, 0) is 9.53 Å². The van der Waals surface area contributed by atoms with Gasteiger partial charge in [-0.05, 0) is 43.5 Å². The predicted molar refractivity (Wildman–Crippen MR) is 103 cm³/mol. The molecule has 27 heavy (non-hydrogen) atoms. The van der Waals surface area contributed by atoms with Crippen LogP contribution in [0.5, 0.6) is 11.5 Å². The van der Waals surface area contributed by atoms with Crippen molar-refractivity contribution in [3.8, 4) is 29.9 Å². The van der Waals surface area contributed by atoms with E-state index in [1.54, 1.807) is 12.1 Å². The van der Waals surface area contributed by atoms with Crippen LogP contribution in [0.15, 0.2) is 17.7 Å². The van der Waals surface area contributed by atoms with E-state index in [0.29, 0.717) is 36.8 Å². The van der Waals surface area contributed by atoms with Crippen molar-refractivity contribution in [2.75, 3.05) is 26.4 Å². The van der Waals surface area contributed by atoms with Crippen molar-refractivity contribution in [3.63, 3.8) is 0 Å². The van der Waals surface area contributed by atoms with E-state index in [0.717, 1.165) is 12.8 Å². The minimum Gasteiger partial charge on any atom is -0.490 e. The second-order valence-electron chi connectivity index (χ2n) is 5.77. The molecule has 6 nitrogen and oxygen atoms in total. The van der Waals surface area contributed by atoms with Gasteiger partial charge in [0.05, 0.1) is 17.7 Å². The number of nitrogens with one attached hydrogen (secondary N) is 1. The zero-order valence-electron chi connectivity index (χ0n) is 15.1. The molecule has 2 rings (SSSR count). The molecule has 0 saturated carbocycles. The number of nitriles is 1. The van der Waals surface area contributed by atoms with Crippen LogP contribution in [0.2, 0.25) is 5.02 Å². The Morgan fingerprint density at radius 2 is 2.33 bits per heavy atom. The highest BCUT2D eigenvalue weighted by Crippen LogP contribution is 2.37. The highest BCUT2D eigenvalue weighted by atomic mass is 35.5. The van der Waals surface area contributed by atoms with Crippen molar-refractivity contribution in [1.82, 2.24) is 5.32 Å². The zero-order chi connectivity index (χ0) is 19.6. The van der Waals surface area contributed by atoms with E-state index in [9.17, 15) is 10.1 Å². The summed E-state index contributed by atoms with van der Waals surface area (Å²) < 4.78 is 16.4. The van der Waals surface area contributed by atoms with Crippen molar-refractivity contribution < 1.29 is 19.0 Å². The minimum absolute atomic E-state index is 0.000445. The first-order valence-corrected chi connectivity index (χ1v) is 9.01. The van der Waals surface area contributed by atoms with E-state index in [1.165, 1.54) is 6.08 Å². The van der Waals surface area contributed by atoms with Gasteiger partial charge in [-0.1, -0.05) is 17.5 Å². The number of halogens is 1. The normalized spacial score (nSPS) is 16.3. The lowest BCUT2D eigenvalue weighted by Gasteiger charge is -2.13. The van der Waals surface area contributed by atoms with Gasteiger partial charge >= 0.3 is 0 Å². The Bertz CT molecular complexity index is 786. The molecule has 0 aliphatic carbocycles. The highest BCUT2D eigenvalue weighted by Gasteiger charge is 2.18. The number of ether oxygens (including phenoxy) is 3. The summed E-state index contributed by atoms with van der Waals surface area (Å²) in [6, 6.07) is 5.14. The van der Waals surface area contributed by atoms with Crippen molar-refractivity contribution in [1.29, 1.82) is 5.26 Å². The van der Waals surface area contributed by atoms with Gasteiger partial charge in [0.15, 0.2) is 11.5 Å². The van der Waals surface area contributed by atoms with E-state index in [1.807, 2.05) is 13.0 Å². The first kappa shape index (κ1) is 20.6. The van der Waals surface area contributed by atoms with Gasteiger partial charge in [-0.3, -0.25) is 4.79 Å². The second kappa shape index (κ2) is 10.5. The number of amides is 1. The number of hydrogen-bond acceptors (Lipinski definition) is 5. The second-order valence-corrected chi connectivity index (χ2v) is 6.18. The van der Waals surface area contributed by atoms with E-state index < -0.39 is 5.91 Å². The molecule has 0 bridgehead atoms. The molecule has 1 aliphatic heterocycles. The maximum Gasteiger partial charge on any atom is 0.262 e. The third-order valence-electron chi connectivity index (χ3n) is 3.82. The van der Waals surface area contributed by atoms with Crippen LogP contribution < -0.4 is 14.8 Å². The third kappa shape index (κ3) is 5.92. The Morgan fingerprint density at radius 1 is 1.52 bits per heavy atom. The van der Waals surface area contributed by atoms with Gasteiger partial charge in [0, 0.05) is 13.2 Å². The number of terminal acetylenes is 1. The topological polar surface area (TPSA) is 80.6 Å². The minimum atomic E-state index is -0.463. The van der Waals surface area contributed by atoms with E-state index in [-0.39, 0.29) is 23.3 Å². The van der Waals surface area contributed by atoms with Crippen LogP contribution in [-0.4, -0.2) is 38.4 Å². The molecule has 1 saturated heterocycles. The average Bonchev–Trinajstić information content (AvgIpc) is 3.17. The Hall–Kier alpha value is -2.67. The van der Waals surface area contributed by atoms with Gasteiger partial charge in [0.2, 0.25) is 0 Å². The van der Waals surface area contributed by atoms with Gasteiger partial charge in [-0.15, -0.1) is 6.42 Å². The lowest BCUT2D eigenvalue weighted by atomic mass is 10.1. The van der Waals surface area contributed by atoms with Crippen LogP contribution in [0, 0.1) is 23.7 Å². The quantitative estimate of drug-likeness (QED) is 0.420. The molecule has 7 heteroatoms. The van der Waals surface area contributed by atoms with E-state index >= 15 is 0 Å². The summed E-state index contributed by atoms with van der Waals surface area (Å²) in [6.07, 6.45) is 8.54. The third-order valence-corrected chi connectivity index (χ3v) is 4.10. The molecule has 1 aromatic carbocycles. The lowest BCUT2D eigenvalue weighted by molar-refractivity contribution is -0.117. The van der Waals surface area contributed by atoms with Crippen LogP contribution in [0.25, 0.3) is 6.08 Å². The molecule has 1 aliphatic rings. The standard InChI is InChI=1S/C20H21ClN2O4/c1-3-7-27-19-17(21)10-14(11-18(19)25-4-2)9-15(12-22)20(24)23-13-16-6-5-8-26-16/h1,9-11,16H,4-8,13H2,2H3,(H,23,24)/b15-9+/t16-/m0/s1. The predicted octanol–water partition coefficient (Wildman–Crippen LogP) is 2.95. The summed E-state index contributed by atoms with van der Waals surface area (Å²) in [4.78, 5) is 12.3. The maximum atomic E-state index is 12.3. The molecule has 1 fully saturated rings. The monoisotopic (exact) mass is 388 g/mol. The molecule has 1 N–H and O–H groups in total. The van der Waals surface area contributed by atoms with Crippen LogP contribution >= 0.6 is 11.6 Å². The molecule has 0 radical (unpaired) electrons. The van der Waals surface area contributed by atoms with Gasteiger partial charge in [-0.25, -0.2) is 0 Å². The summed E-state index contributed by atoms with van der Waals surface area (Å²) in [7, 11) is 0. The summed E-state index contributed by atoms with van der Waals surface area (Å²) in [5, 5.41) is 12.3. The molecule has 142 valence electrons. The highest BCUT2D eigenvalue weighted by molar-refractivity contribution is 6.32. The van der Waals surface area contributed by atoms with Crippen LogP contribution in [0.4, 0.5) is 0 Å². The number of carbonyl (C=O) groups is 1. The Labute approximate surface area is 164 Å². The number of benzene rings is 1. The Balaban J connectivity index is 2.19. The largest absolute Gasteiger partial charge is 0.490 e. The fourth-order valence-corrected chi connectivity index (χ4v) is 2.88. The fourth-order valence-electron chi connectivity index (χ4n) is 2.61. The summed E-state index contributed by atoms with van der Waals surface area (Å²) in [5.41, 5.74) is 0.504. The number of rotatable bonds is 8. The molecular formula is C20H21ClN2O4. The first-order valence-electron chi connectivity index (χ1n) is 8.63. The average molecular weight is 389 g/mol. The SMILES string of the molecule is C#CCOc1c(Cl)cc(/C=C(\C#N)C(=O)NC[C@@H]2CCCO2)cc1OCC. The molecule has 1 amide bonds.